The van der Waals surface area contributed by atoms with Crippen molar-refractivity contribution in [1.82, 2.24) is 19.9 Å². The molecule has 6 rings (SSSR count). The smallest absolute Gasteiger partial charge is 0.132 e. The molecule has 6 nitrogen and oxygen atoms in total. The van der Waals surface area contributed by atoms with E-state index in [-0.39, 0.29) is 0 Å². The Balaban J connectivity index is 0.000000145. The maximum atomic E-state index is 5.82. The van der Waals surface area contributed by atoms with Gasteiger partial charge in [-0.15, -0.1) is 0 Å². The molecule has 0 atom stereocenters. The SMILES string of the molecule is Cc1ccnc(Nc2ccc3ccccc3n2)c1.Nc1cc(-c2ccccn2)c2ccccc2n1. The first-order valence-electron chi connectivity index (χ1n) is 11.3. The molecule has 0 radical (unpaired) electrons. The summed E-state index contributed by atoms with van der Waals surface area (Å²) in [4.78, 5) is 17.5. The Bertz CT molecular complexity index is 1600. The van der Waals surface area contributed by atoms with Crippen molar-refractivity contribution < 1.29 is 0 Å². The molecule has 6 heteroatoms. The van der Waals surface area contributed by atoms with Crippen LogP contribution in [0.15, 0.2) is 109 Å². The lowest BCUT2D eigenvalue weighted by atomic mass is 10.1. The number of fused-ring (bicyclic) bond motifs is 2. The van der Waals surface area contributed by atoms with Gasteiger partial charge in [0, 0.05) is 28.7 Å². The number of benzene rings is 2. The average Bonchev–Trinajstić information content (AvgIpc) is 2.89. The summed E-state index contributed by atoms with van der Waals surface area (Å²) in [5.41, 5.74) is 10.8. The van der Waals surface area contributed by atoms with Crippen LogP contribution in [0.4, 0.5) is 17.5 Å². The highest BCUT2D eigenvalue weighted by molar-refractivity contribution is 5.94. The number of hydrogen-bond donors (Lipinski definition) is 2. The van der Waals surface area contributed by atoms with Crippen molar-refractivity contribution in [3.05, 3.63) is 115 Å². The first-order valence-corrected chi connectivity index (χ1v) is 11.3. The van der Waals surface area contributed by atoms with Crippen LogP contribution in [0.3, 0.4) is 0 Å². The van der Waals surface area contributed by atoms with Gasteiger partial charge in [0.15, 0.2) is 0 Å². The number of pyridine rings is 4. The Morgan fingerprint density at radius 3 is 2.29 bits per heavy atom. The highest BCUT2D eigenvalue weighted by Gasteiger charge is 2.06. The zero-order valence-corrected chi connectivity index (χ0v) is 19.3. The first kappa shape index (κ1) is 22.0. The summed E-state index contributed by atoms with van der Waals surface area (Å²) in [6.07, 6.45) is 3.57. The van der Waals surface area contributed by atoms with E-state index in [9.17, 15) is 0 Å². The molecule has 0 fully saturated rings. The minimum atomic E-state index is 0.518. The van der Waals surface area contributed by atoms with Gasteiger partial charge in [0.05, 0.1) is 16.7 Å². The number of aromatic nitrogens is 4. The van der Waals surface area contributed by atoms with Gasteiger partial charge >= 0.3 is 0 Å². The normalized spacial score (nSPS) is 10.5. The molecule has 35 heavy (non-hydrogen) atoms. The lowest BCUT2D eigenvalue weighted by molar-refractivity contribution is 1.25. The van der Waals surface area contributed by atoms with Gasteiger partial charge in [-0.2, -0.15) is 0 Å². The summed E-state index contributed by atoms with van der Waals surface area (Å²) < 4.78 is 0. The van der Waals surface area contributed by atoms with E-state index < -0.39 is 0 Å². The summed E-state index contributed by atoms with van der Waals surface area (Å²) >= 11 is 0. The van der Waals surface area contributed by atoms with Crippen molar-refractivity contribution in [3.8, 4) is 11.3 Å². The predicted octanol–water partition coefficient (Wildman–Crippen LogP) is 6.56. The van der Waals surface area contributed by atoms with Gasteiger partial charge in [0.25, 0.3) is 0 Å². The standard InChI is InChI=1S/C15H13N3.C14H11N3/c1-11-8-9-16-15(10-11)18-14-7-6-12-4-2-3-5-13(12)17-14;15-14-9-11(12-6-3-4-8-16-12)10-5-1-2-7-13(10)17-14/h2-10H,1H3,(H,16,17,18);1-9H,(H2,15,17). The van der Waals surface area contributed by atoms with E-state index in [1.165, 1.54) is 5.56 Å². The summed E-state index contributed by atoms with van der Waals surface area (Å²) in [7, 11) is 0. The third-order valence-electron chi connectivity index (χ3n) is 5.45. The maximum absolute atomic E-state index is 5.82. The Hall–Kier alpha value is -4.84. The number of para-hydroxylation sites is 2. The van der Waals surface area contributed by atoms with Crippen LogP contribution >= 0.6 is 0 Å². The van der Waals surface area contributed by atoms with E-state index in [1.54, 1.807) is 12.4 Å². The number of nitrogens with zero attached hydrogens (tertiary/aromatic N) is 4. The number of nitrogen functional groups attached to an aromatic ring is 1. The van der Waals surface area contributed by atoms with Crippen LogP contribution < -0.4 is 11.1 Å². The van der Waals surface area contributed by atoms with E-state index in [0.29, 0.717) is 5.82 Å². The third kappa shape index (κ3) is 5.23. The first-order chi connectivity index (χ1) is 17.2. The van der Waals surface area contributed by atoms with Crippen LogP contribution in [0.2, 0.25) is 0 Å². The lowest BCUT2D eigenvalue weighted by Crippen LogP contribution is -1.96. The fraction of sp³-hybridized carbons (Fsp3) is 0.0345. The molecule has 0 aliphatic carbocycles. The molecule has 0 aliphatic rings. The fourth-order valence-corrected chi connectivity index (χ4v) is 3.80. The minimum absolute atomic E-state index is 0.518. The largest absolute Gasteiger partial charge is 0.384 e. The van der Waals surface area contributed by atoms with E-state index in [1.807, 2.05) is 91.9 Å². The quantitative estimate of drug-likeness (QED) is 0.313. The van der Waals surface area contributed by atoms with E-state index in [2.05, 4.69) is 37.4 Å². The molecule has 0 amide bonds. The highest BCUT2D eigenvalue weighted by Crippen LogP contribution is 2.27. The van der Waals surface area contributed by atoms with Crippen molar-refractivity contribution in [2.24, 2.45) is 0 Å². The predicted molar refractivity (Wildman–Crippen MR) is 143 cm³/mol. The van der Waals surface area contributed by atoms with Gasteiger partial charge in [0.2, 0.25) is 0 Å². The van der Waals surface area contributed by atoms with Crippen molar-refractivity contribution in [2.75, 3.05) is 11.1 Å². The number of rotatable bonds is 3. The van der Waals surface area contributed by atoms with E-state index in [4.69, 9.17) is 5.73 Å². The highest BCUT2D eigenvalue weighted by atomic mass is 15.0. The van der Waals surface area contributed by atoms with E-state index >= 15 is 0 Å². The van der Waals surface area contributed by atoms with E-state index in [0.717, 1.165) is 44.7 Å². The van der Waals surface area contributed by atoms with Gasteiger partial charge in [0.1, 0.15) is 17.5 Å². The molecule has 4 aromatic heterocycles. The van der Waals surface area contributed by atoms with Gasteiger partial charge in [-0.3, -0.25) is 4.98 Å². The third-order valence-corrected chi connectivity index (χ3v) is 5.45. The molecule has 170 valence electrons. The van der Waals surface area contributed by atoms with Gasteiger partial charge < -0.3 is 11.1 Å². The zero-order valence-electron chi connectivity index (χ0n) is 19.3. The lowest BCUT2D eigenvalue weighted by Gasteiger charge is -2.06. The molecule has 0 bridgehead atoms. The van der Waals surface area contributed by atoms with Crippen LogP contribution in [0.1, 0.15) is 5.56 Å². The number of anilines is 3. The number of nitrogens with one attached hydrogen (secondary N) is 1. The summed E-state index contributed by atoms with van der Waals surface area (Å²) in [5, 5.41) is 5.42. The second-order valence-electron chi connectivity index (χ2n) is 8.06. The molecule has 6 aromatic rings. The second kappa shape index (κ2) is 9.97. The summed E-state index contributed by atoms with van der Waals surface area (Å²) in [6, 6.07) is 31.7. The van der Waals surface area contributed by atoms with Crippen molar-refractivity contribution in [2.45, 2.75) is 6.92 Å². The maximum Gasteiger partial charge on any atom is 0.132 e. The zero-order chi connectivity index (χ0) is 24.0. The van der Waals surface area contributed by atoms with Gasteiger partial charge in [-0.05, 0) is 67.1 Å². The molecule has 3 N–H and O–H groups in total. The van der Waals surface area contributed by atoms with Gasteiger partial charge in [-0.1, -0.05) is 42.5 Å². The fourth-order valence-electron chi connectivity index (χ4n) is 3.80. The van der Waals surface area contributed by atoms with Gasteiger partial charge in [-0.25, -0.2) is 15.0 Å². The molecule has 0 saturated carbocycles. The average molecular weight is 457 g/mol. The Morgan fingerprint density at radius 2 is 1.46 bits per heavy atom. The number of hydrogen-bond acceptors (Lipinski definition) is 6. The molecule has 0 saturated heterocycles. The number of aryl methyl sites for hydroxylation is 1. The Kier molecular flexibility index (Phi) is 6.26. The van der Waals surface area contributed by atoms with Crippen LogP contribution in [0, 0.1) is 6.92 Å². The van der Waals surface area contributed by atoms with Crippen LogP contribution in [0.5, 0.6) is 0 Å². The molecule has 2 aromatic carbocycles. The second-order valence-corrected chi connectivity index (χ2v) is 8.06. The molecule has 0 spiro atoms. The molecule has 0 aliphatic heterocycles. The minimum Gasteiger partial charge on any atom is -0.384 e. The van der Waals surface area contributed by atoms with Crippen LogP contribution in [0.25, 0.3) is 33.1 Å². The van der Waals surface area contributed by atoms with Crippen molar-refractivity contribution in [1.29, 1.82) is 0 Å². The molecular formula is C29H24N6. The monoisotopic (exact) mass is 456 g/mol. The summed E-state index contributed by atoms with van der Waals surface area (Å²) in [6.45, 7) is 2.04. The van der Waals surface area contributed by atoms with Crippen molar-refractivity contribution >= 4 is 39.3 Å². The van der Waals surface area contributed by atoms with Crippen molar-refractivity contribution in [3.63, 3.8) is 0 Å². The summed E-state index contributed by atoms with van der Waals surface area (Å²) in [5.74, 6) is 2.15. The van der Waals surface area contributed by atoms with Crippen LogP contribution in [-0.4, -0.2) is 19.9 Å². The topological polar surface area (TPSA) is 89.6 Å². The Morgan fingerprint density at radius 1 is 0.657 bits per heavy atom. The number of nitrogens with two attached hydrogens (primary N) is 1. The molecular weight excluding hydrogens is 432 g/mol. The molecule has 4 heterocycles. The van der Waals surface area contributed by atoms with Crippen LogP contribution in [-0.2, 0) is 0 Å². The Labute approximate surface area is 203 Å². The molecule has 0 unspecified atom stereocenters.